The van der Waals surface area contributed by atoms with Crippen molar-refractivity contribution in [1.29, 1.82) is 0 Å². The predicted octanol–water partition coefficient (Wildman–Crippen LogP) is 13.8. The van der Waals surface area contributed by atoms with Gasteiger partial charge in [-0.1, -0.05) is 152 Å². The van der Waals surface area contributed by atoms with Crippen molar-refractivity contribution >= 4 is 27.8 Å². The first kappa shape index (κ1) is 30.4. The Hall–Kier alpha value is -6.18. The summed E-state index contributed by atoms with van der Waals surface area (Å²) in [6.45, 7) is 0. The second kappa shape index (κ2) is 11.7. The summed E-state index contributed by atoms with van der Waals surface area (Å²) < 4.78 is 0. The van der Waals surface area contributed by atoms with Gasteiger partial charge in [-0.2, -0.15) is 0 Å². The van der Waals surface area contributed by atoms with E-state index in [0.717, 1.165) is 31.4 Å². The predicted molar refractivity (Wildman–Crippen MR) is 221 cm³/mol. The second-order valence-corrected chi connectivity index (χ2v) is 15.3. The van der Waals surface area contributed by atoms with E-state index in [1.54, 1.807) is 0 Å². The molecule has 1 fully saturated rings. The van der Waals surface area contributed by atoms with E-state index >= 15 is 0 Å². The van der Waals surface area contributed by atoms with E-state index in [0.29, 0.717) is 0 Å². The van der Waals surface area contributed by atoms with Crippen LogP contribution in [0.15, 0.2) is 188 Å². The van der Waals surface area contributed by atoms with E-state index in [1.165, 1.54) is 77.8 Å². The lowest BCUT2D eigenvalue weighted by atomic mass is 9.57. The van der Waals surface area contributed by atoms with Crippen LogP contribution in [-0.4, -0.2) is 0 Å². The number of anilines is 3. The Morgan fingerprint density at radius 1 is 0.302 bits per heavy atom. The molecule has 1 nitrogen and oxygen atoms in total. The molecule has 0 aromatic heterocycles. The maximum absolute atomic E-state index is 2.55. The van der Waals surface area contributed by atoms with Crippen LogP contribution in [0.4, 0.5) is 17.1 Å². The largest absolute Gasteiger partial charge is 0.310 e. The molecule has 0 radical (unpaired) electrons. The van der Waals surface area contributed by atoms with Crippen LogP contribution in [0, 0.1) is 0 Å². The molecule has 0 bridgehead atoms. The van der Waals surface area contributed by atoms with Crippen LogP contribution in [0.3, 0.4) is 0 Å². The van der Waals surface area contributed by atoms with E-state index in [1.807, 2.05) is 0 Å². The molecule has 8 aromatic carbocycles. The summed E-state index contributed by atoms with van der Waals surface area (Å²) in [7, 11) is 0. The molecule has 3 aliphatic carbocycles. The van der Waals surface area contributed by atoms with Crippen molar-refractivity contribution in [2.24, 2.45) is 0 Å². The molecule has 53 heavy (non-hydrogen) atoms. The standard InChI is InChI=1S/C52H39N/c1-2-12-36(13-3-1)38-22-25-40(26-23-38)53(41-27-24-37-14-4-5-15-39(37)34-41)42-28-29-46-45-18-8-11-21-49(45)52(50(46)35-42)32-30-51(31-33-52)47-19-9-6-16-43(47)44-17-7-10-20-48(44)51/h1-29,34-35H,30-33H2. The van der Waals surface area contributed by atoms with Crippen LogP contribution in [0.25, 0.3) is 44.2 Å². The van der Waals surface area contributed by atoms with E-state index in [4.69, 9.17) is 0 Å². The highest BCUT2D eigenvalue weighted by Crippen LogP contribution is 2.64. The molecule has 0 unspecified atom stereocenters. The molecule has 0 N–H and O–H groups in total. The van der Waals surface area contributed by atoms with Gasteiger partial charge in [0.2, 0.25) is 0 Å². The van der Waals surface area contributed by atoms with E-state index in [9.17, 15) is 0 Å². The van der Waals surface area contributed by atoms with Gasteiger partial charge >= 0.3 is 0 Å². The van der Waals surface area contributed by atoms with Crippen LogP contribution in [-0.2, 0) is 10.8 Å². The highest BCUT2D eigenvalue weighted by Gasteiger charge is 2.53. The average Bonchev–Trinajstić information content (AvgIpc) is 3.66. The fourth-order valence-corrected chi connectivity index (χ4v) is 10.4. The minimum atomic E-state index is -0.0358. The lowest BCUT2D eigenvalue weighted by Gasteiger charge is -2.45. The van der Waals surface area contributed by atoms with Crippen molar-refractivity contribution in [1.82, 2.24) is 0 Å². The molecule has 252 valence electrons. The zero-order chi connectivity index (χ0) is 35.0. The van der Waals surface area contributed by atoms with Crippen LogP contribution in [0.5, 0.6) is 0 Å². The smallest absolute Gasteiger partial charge is 0.0468 e. The normalized spacial score (nSPS) is 15.5. The van der Waals surface area contributed by atoms with Crippen LogP contribution >= 0.6 is 0 Å². The molecule has 2 spiro atoms. The lowest BCUT2D eigenvalue weighted by molar-refractivity contribution is 0.265. The second-order valence-electron chi connectivity index (χ2n) is 15.3. The Labute approximate surface area is 311 Å². The number of benzene rings is 8. The topological polar surface area (TPSA) is 3.24 Å². The molecular formula is C52H39N. The summed E-state index contributed by atoms with van der Waals surface area (Å²) >= 11 is 0. The minimum Gasteiger partial charge on any atom is -0.310 e. The molecule has 1 heteroatoms. The molecule has 0 atom stereocenters. The molecule has 11 rings (SSSR count). The molecule has 8 aromatic rings. The third-order valence-corrected chi connectivity index (χ3v) is 12.9. The Morgan fingerprint density at radius 2 is 0.736 bits per heavy atom. The Morgan fingerprint density at radius 3 is 1.36 bits per heavy atom. The highest BCUT2D eigenvalue weighted by atomic mass is 15.1. The molecule has 0 amide bonds. The molecule has 0 saturated heterocycles. The van der Waals surface area contributed by atoms with Crippen molar-refractivity contribution in [3.63, 3.8) is 0 Å². The van der Waals surface area contributed by atoms with Crippen molar-refractivity contribution in [2.75, 3.05) is 4.90 Å². The first-order chi connectivity index (χ1) is 26.2. The summed E-state index contributed by atoms with van der Waals surface area (Å²) in [6.07, 6.45) is 4.50. The fourth-order valence-electron chi connectivity index (χ4n) is 10.4. The van der Waals surface area contributed by atoms with Crippen molar-refractivity contribution in [2.45, 2.75) is 36.5 Å². The van der Waals surface area contributed by atoms with Gasteiger partial charge in [-0.3, -0.25) is 0 Å². The van der Waals surface area contributed by atoms with Gasteiger partial charge in [0.25, 0.3) is 0 Å². The monoisotopic (exact) mass is 677 g/mol. The van der Waals surface area contributed by atoms with Gasteiger partial charge < -0.3 is 4.90 Å². The van der Waals surface area contributed by atoms with E-state index < -0.39 is 0 Å². The third kappa shape index (κ3) is 4.50. The van der Waals surface area contributed by atoms with Gasteiger partial charge in [-0.15, -0.1) is 0 Å². The van der Waals surface area contributed by atoms with Crippen molar-refractivity contribution in [3.8, 4) is 33.4 Å². The zero-order valence-corrected chi connectivity index (χ0v) is 29.7. The highest BCUT2D eigenvalue weighted by molar-refractivity contribution is 5.91. The maximum atomic E-state index is 2.55. The molecule has 0 aliphatic heterocycles. The number of rotatable bonds is 4. The van der Waals surface area contributed by atoms with E-state index in [-0.39, 0.29) is 10.8 Å². The lowest BCUT2D eigenvalue weighted by Crippen LogP contribution is -2.39. The Balaban J connectivity index is 1.05. The molecule has 0 heterocycles. The Bertz CT molecular complexity index is 2630. The fraction of sp³-hybridized carbons (Fsp3) is 0.115. The first-order valence-corrected chi connectivity index (χ1v) is 19.1. The Kier molecular flexibility index (Phi) is 6.70. The number of fused-ring (bicyclic) bond motifs is 11. The van der Waals surface area contributed by atoms with E-state index in [2.05, 4.69) is 193 Å². The number of nitrogens with zero attached hydrogens (tertiary/aromatic N) is 1. The summed E-state index contributed by atoms with van der Waals surface area (Å²) in [6, 6.07) is 70.3. The van der Waals surface area contributed by atoms with Crippen LogP contribution in [0.1, 0.15) is 47.9 Å². The van der Waals surface area contributed by atoms with Gasteiger partial charge in [-0.05, 0) is 128 Å². The first-order valence-electron chi connectivity index (χ1n) is 19.1. The summed E-state index contributed by atoms with van der Waals surface area (Å²) in [5.41, 5.74) is 17.7. The SMILES string of the molecule is c1ccc(-c2ccc(N(c3ccc4c(c3)C3(CCC5(CC3)c3ccccc3-c3ccccc35)c3ccccc3-4)c3ccc4ccccc4c3)cc2)cc1. The quantitative estimate of drug-likeness (QED) is 0.179. The van der Waals surface area contributed by atoms with Crippen molar-refractivity contribution in [3.05, 3.63) is 210 Å². The summed E-state index contributed by atoms with van der Waals surface area (Å²) in [5.74, 6) is 0. The zero-order valence-electron chi connectivity index (χ0n) is 29.7. The van der Waals surface area contributed by atoms with Crippen LogP contribution < -0.4 is 4.90 Å². The van der Waals surface area contributed by atoms with Gasteiger partial charge in [0, 0.05) is 27.9 Å². The molecule has 3 aliphatic rings. The third-order valence-electron chi connectivity index (χ3n) is 12.9. The minimum absolute atomic E-state index is 0.0358. The molecular weight excluding hydrogens is 639 g/mol. The van der Waals surface area contributed by atoms with Gasteiger partial charge in [0.1, 0.15) is 0 Å². The summed E-state index contributed by atoms with van der Waals surface area (Å²) in [5, 5.41) is 2.50. The molecule has 1 saturated carbocycles. The number of hydrogen-bond donors (Lipinski definition) is 0. The van der Waals surface area contributed by atoms with Crippen molar-refractivity contribution < 1.29 is 0 Å². The summed E-state index contributed by atoms with van der Waals surface area (Å²) in [4.78, 5) is 2.46. The van der Waals surface area contributed by atoms with Gasteiger partial charge in [0.05, 0.1) is 0 Å². The average molecular weight is 678 g/mol. The van der Waals surface area contributed by atoms with Gasteiger partial charge in [-0.25, -0.2) is 0 Å². The number of hydrogen-bond acceptors (Lipinski definition) is 1. The van der Waals surface area contributed by atoms with Gasteiger partial charge in [0.15, 0.2) is 0 Å². The van der Waals surface area contributed by atoms with Crippen LogP contribution in [0.2, 0.25) is 0 Å². The maximum Gasteiger partial charge on any atom is 0.0468 e.